The Morgan fingerprint density at radius 2 is 2.07 bits per heavy atom. The van der Waals surface area contributed by atoms with Gasteiger partial charge in [0.1, 0.15) is 0 Å². The van der Waals surface area contributed by atoms with Gasteiger partial charge >= 0.3 is 0 Å². The first-order valence-electron chi connectivity index (χ1n) is 4.81. The first-order chi connectivity index (χ1) is 7.09. The monoisotopic (exact) mass is 238 g/mol. The largest absolute Gasteiger partial charge is 0.228 e. The van der Waals surface area contributed by atoms with Gasteiger partial charge in [-0.05, 0) is 23.9 Å². The Labute approximate surface area is 92.5 Å². The van der Waals surface area contributed by atoms with E-state index in [1.54, 1.807) is 18.3 Å². The summed E-state index contributed by atoms with van der Waals surface area (Å²) >= 11 is 1.62. The van der Waals surface area contributed by atoms with Gasteiger partial charge in [0.15, 0.2) is 9.84 Å². The summed E-state index contributed by atoms with van der Waals surface area (Å²) in [5.41, 5.74) is 1.03. The van der Waals surface area contributed by atoms with Gasteiger partial charge in [-0.3, -0.25) is 0 Å². The minimum atomic E-state index is -2.92. The van der Waals surface area contributed by atoms with Gasteiger partial charge in [-0.2, -0.15) is 0 Å². The molecule has 1 aromatic heterocycles. The average Bonchev–Trinajstić information content (AvgIpc) is 2.65. The Morgan fingerprint density at radius 1 is 1.33 bits per heavy atom. The van der Waals surface area contributed by atoms with E-state index in [4.69, 9.17) is 0 Å². The van der Waals surface area contributed by atoms with Crippen LogP contribution in [0.15, 0.2) is 24.3 Å². The third kappa shape index (κ3) is 1.18. The molecule has 1 atom stereocenters. The highest BCUT2D eigenvalue weighted by atomic mass is 32.2. The summed E-state index contributed by atoms with van der Waals surface area (Å²) in [6.07, 6.45) is 0. The third-order valence-corrected chi connectivity index (χ3v) is 6.53. The topological polar surface area (TPSA) is 34.1 Å². The van der Waals surface area contributed by atoms with Crippen molar-refractivity contribution in [2.75, 3.05) is 0 Å². The van der Waals surface area contributed by atoms with E-state index in [2.05, 4.69) is 6.07 Å². The standard InChI is InChI=1S/C11H10O2S2/c1-7-11-9(6-15(7,12)13)8-4-2-3-5-10(8)14-11/h2-5,7H,6H2,1H3. The highest BCUT2D eigenvalue weighted by molar-refractivity contribution is 7.91. The van der Waals surface area contributed by atoms with Crippen molar-refractivity contribution in [3.63, 3.8) is 0 Å². The summed E-state index contributed by atoms with van der Waals surface area (Å²) in [6.45, 7) is 1.79. The summed E-state index contributed by atoms with van der Waals surface area (Å²) in [4.78, 5) is 1.04. The second-order valence-electron chi connectivity index (χ2n) is 3.89. The van der Waals surface area contributed by atoms with Gasteiger partial charge in [-0.15, -0.1) is 11.3 Å². The molecule has 1 aliphatic rings. The maximum absolute atomic E-state index is 11.7. The first-order valence-corrected chi connectivity index (χ1v) is 7.34. The maximum Gasteiger partial charge on any atom is 0.162 e. The fourth-order valence-corrected chi connectivity index (χ4v) is 5.35. The van der Waals surface area contributed by atoms with Crippen LogP contribution in [0.1, 0.15) is 22.6 Å². The summed E-state index contributed by atoms with van der Waals surface area (Å²) < 4.78 is 24.7. The molecule has 0 amide bonds. The molecule has 0 bridgehead atoms. The molecule has 2 nitrogen and oxygen atoms in total. The summed E-state index contributed by atoms with van der Waals surface area (Å²) in [5.74, 6) is 0.216. The molecule has 0 fully saturated rings. The Morgan fingerprint density at radius 3 is 2.87 bits per heavy atom. The smallest absolute Gasteiger partial charge is 0.162 e. The van der Waals surface area contributed by atoms with E-state index in [-0.39, 0.29) is 11.0 Å². The van der Waals surface area contributed by atoms with Gasteiger partial charge in [-0.1, -0.05) is 18.2 Å². The Kier molecular flexibility index (Phi) is 1.77. The lowest BCUT2D eigenvalue weighted by molar-refractivity contribution is 0.591. The van der Waals surface area contributed by atoms with Gasteiger partial charge in [0.05, 0.1) is 11.0 Å². The molecule has 0 saturated carbocycles. The van der Waals surface area contributed by atoms with Crippen molar-refractivity contribution in [2.24, 2.45) is 0 Å². The molecule has 2 aromatic rings. The van der Waals surface area contributed by atoms with Crippen LogP contribution in [0.25, 0.3) is 10.1 Å². The number of hydrogen-bond donors (Lipinski definition) is 0. The van der Waals surface area contributed by atoms with E-state index >= 15 is 0 Å². The molecule has 0 radical (unpaired) electrons. The summed E-state index contributed by atoms with van der Waals surface area (Å²) in [7, 11) is -2.92. The molecule has 3 rings (SSSR count). The number of sulfone groups is 1. The zero-order valence-corrected chi connectivity index (χ0v) is 9.86. The molecule has 15 heavy (non-hydrogen) atoms. The van der Waals surface area contributed by atoms with Crippen molar-refractivity contribution in [1.82, 2.24) is 0 Å². The molecule has 1 aliphatic heterocycles. The predicted octanol–water partition coefficient (Wildman–Crippen LogP) is 2.89. The molecule has 2 heterocycles. The molecule has 4 heteroatoms. The van der Waals surface area contributed by atoms with E-state index in [9.17, 15) is 8.42 Å². The fourth-order valence-electron chi connectivity index (χ4n) is 2.08. The van der Waals surface area contributed by atoms with E-state index in [1.807, 2.05) is 18.2 Å². The second kappa shape index (κ2) is 2.83. The van der Waals surface area contributed by atoms with Gasteiger partial charge in [-0.25, -0.2) is 8.42 Å². The molecule has 0 spiro atoms. The Hall–Kier alpha value is -0.870. The van der Waals surface area contributed by atoms with Crippen LogP contribution in [0.3, 0.4) is 0 Å². The lowest BCUT2D eigenvalue weighted by atomic mass is 10.1. The van der Waals surface area contributed by atoms with Gasteiger partial charge in [0.25, 0.3) is 0 Å². The number of rotatable bonds is 0. The van der Waals surface area contributed by atoms with Crippen molar-refractivity contribution in [2.45, 2.75) is 17.9 Å². The van der Waals surface area contributed by atoms with Crippen LogP contribution in [0, 0.1) is 0 Å². The maximum atomic E-state index is 11.7. The van der Waals surface area contributed by atoms with Crippen LogP contribution >= 0.6 is 11.3 Å². The molecular weight excluding hydrogens is 228 g/mol. The number of hydrogen-bond acceptors (Lipinski definition) is 3. The molecule has 1 aromatic carbocycles. The van der Waals surface area contributed by atoms with Crippen molar-refractivity contribution in [3.8, 4) is 0 Å². The van der Waals surface area contributed by atoms with Crippen molar-refractivity contribution >= 4 is 31.3 Å². The number of benzene rings is 1. The van der Waals surface area contributed by atoms with Crippen molar-refractivity contribution < 1.29 is 8.42 Å². The summed E-state index contributed by atoms with van der Waals surface area (Å²) in [6, 6.07) is 8.02. The van der Waals surface area contributed by atoms with Crippen LogP contribution in [-0.4, -0.2) is 8.42 Å². The van der Waals surface area contributed by atoms with E-state index in [1.165, 1.54) is 4.70 Å². The quantitative estimate of drug-likeness (QED) is 0.707. The van der Waals surface area contributed by atoms with Gasteiger partial charge in [0.2, 0.25) is 0 Å². The van der Waals surface area contributed by atoms with Crippen molar-refractivity contribution in [1.29, 1.82) is 0 Å². The predicted molar refractivity (Wildman–Crippen MR) is 62.9 cm³/mol. The van der Waals surface area contributed by atoms with Crippen LogP contribution in [0.2, 0.25) is 0 Å². The van der Waals surface area contributed by atoms with Crippen LogP contribution in [0.5, 0.6) is 0 Å². The molecule has 0 N–H and O–H groups in total. The lowest BCUT2D eigenvalue weighted by Crippen LogP contribution is -2.02. The highest BCUT2D eigenvalue weighted by Gasteiger charge is 2.35. The Bertz CT molecular complexity index is 638. The molecule has 0 saturated heterocycles. The minimum absolute atomic E-state index is 0.216. The zero-order chi connectivity index (χ0) is 10.6. The second-order valence-corrected chi connectivity index (χ2v) is 7.30. The third-order valence-electron chi connectivity index (χ3n) is 2.98. The summed E-state index contributed by atoms with van der Waals surface area (Å²) in [5, 5.41) is 0.801. The zero-order valence-electron chi connectivity index (χ0n) is 8.23. The first kappa shape index (κ1) is 9.36. The average molecular weight is 238 g/mol. The highest BCUT2D eigenvalue weighted by Crippen LogP contribution is 2.45. The normalized spacial score (nSPS) is 23.1. The lowest BCUT2D eigenvalue weighted by Gasteiger charge is -1.99. The van der Waals surface area contributed by atoms with Crippen LogP contribution < -0.4 is 0 Å². The molecular formula is C11H10O2S2. The van der Waals surface area contributed by atoms with Gasteiger partial charge < -0.3 is 0 Å². The van der Waals surface area contributed by atoms with E-state index < -0.39 is 9.84 Å². The van der Waals surface area contributed by atoms with Crippen LogP contribution in [-0.2, 0) is 15.6 Å². The number of fused-ring (bicyclic) bond motifs is 3. The molecule has 0 aliphatic carbocycles. The number of thiophene rings is 1. The van der Waals surface area contributed by atoms with E-state index in [0.717, 1.165) is 15.8 Å². The van der Waals surface area contributed by atoms with Crippen LogP contribution in [0.4, 0.5) is 0 Å². The minimum Gasteiger partial charge on any atom is -0.228 e. The van der Waals surface area contributed by atoms with Crippen molar-refractivity contribution in [3.05, 3.63) is 34.7 Å². The fraction of sp³-hybridized carbons (Fsp3) is 0.273. The molecule has 1 unspecified atom stereocenters. The van der Waals surface area contributed by atoms with Gasteiger partial charge in [0, 0.05) is 9.58 Å². The molecule has 78 valence electrons. The van der Waals surface area contributed by atoms with E-state index in [0.29, 0.717) is 0 Å². The Balaban J connectivity index is 2.38. The SMILES string of the molecule is CC1c2sc3ccccc3c2CS1(=O)=O.